The van der Waals surface area contributed by atoms with Crippen molar-refractivity contribution < 1.29 is 0 Å². The van der Waals surface area contributed by atoms with E-state index in [0.29, 0.717) is 6.54 Å². The lowest BCUT2D eigenvalue weighted by Gasteiger charge is -2.30. The van der Waals surface area contributed by atoms with Crippen molar-refractivity contribution in [1.82, 2.24) is 20.5 Å². The van der Waals surface area contributed by atoms with Crippen LogP contribution in [0.3, 0.4) is 0 Å². The molecule has 5 nitrogen and oxygen atoms in total. The quantitative estimate of drug-likeness (QED) is 0.429. The van der Waals surface area contributed by atoms with Gasteiger partial charge in [0.05, 0.1) is 6.54 Å². The van der Waals surface area contributed by atoms with Crippen LogP contribution in [0, 0.1) is 12.8 Å². The molecule has 0 saturated carbocycles. The van der Waals surface area contributed by atoms with E-state index in [-0.39, 0.29) is 0 Å². The van der Waals surface area contributed by atoms with E-state index >= 15 is 0 Å². The highest BCUT2D eigenvalue weighted by atomic mass is 32.1. The summed E-state index contributed by atoms with van der Waals surface area (Å²) >= 11 is 1.72. The van der Waals surface area contributed by atoms with Crippen molar-refractivity contribution in [2.45, 2.75) is 53.0 Å². The summed E-state index contributed by atoms with van der Waals surface area (Å²) in [6, 6.07) is 0. The SMILES string of the molecule is CCNC(=NCc1ncc(C)s1)NCCCCN1CCCC(C)C1. The van der Waals surface area contributed by atoms with Crippen LogP contribution in [0.15, 0.2) is 11.2 Å². The largest absolute Gasteiger partial charge is 0.357 e. The highest BCUT2D eigenvalue weighted by Gasteiger charge is 2.15. The first-order valence-electron chi connectivity index (χ1n) is 9.33. The van der Waals surface area contributed by atoms with Crippen molar-refractivity contribution in [2.75, 3.05) is 32.7 Å². The van der Waals surface area contributed by atoms with Crippen molar-refractivity contribution in [1.29, 1.82) is 0 Å². The molecule has 6 heteroatoms. The molecule has 1 aliphatic rings. The molecule has 0 radical (unpaired) electrons. The Balaban J connectivity index is 1.63. The Morgan fingerprint density at radius 3 is 3.00 bits per heavy atom. The van der Waals surface area contributed by atoms with Gasteiger partial charge in [-0.05, 0) is 58.5 Å². The van der Waals surface area contributed by atoms with Crippen molar-refractivity contribution in [2.24, 2.45) is 10.9 Å². The molecule has 1 atom stereocenters. The van der Waals surface area contributed by atoms with Crippen LogP contribution in [0.4, 0.5) is 0 Å². The molecule has 1 aromatic heterocycles. The minimum absolute atomic E-state index is 0.652. The fourth-order valence-corrected chi connectivity index (χ4v) is 3.83. The second kappa shape index (κ2) is 10.7. The van der Waals surface area contributed by atoms with Crippen LogP contribution in [0.1, 0.15) is 49.4 Å². The van der Waals surface area contributed by atoms with Gasteiger partial charge in [-0.1, -0.05) is 6.92 Å². The molecule has 2 N–H and O–H groups in total. The number of guanidine groups is 1. The maximum Gasteiger partial charge on any atom is 0.191 e. The third-order valence-electron chi connectivity index (χ3n) is 4.32. The number of nitrogens with zero attached hydrogens (tertiary/aromatic N) is 3. The van der Waals surface area contributed by atoms with Crippen LogP contribution >= 0.6 is 11.3 Å². The number of thiazole rings is 1. The number of nitrogens with one attached hydrogen (secondary N) is 2. The molecular weight excluding hydrogens is 318 g/mol. The van der Waals surface area contributed by atoms with E-state index in [9.17, 15) is 0 Å². The van der Waals surface area contributed by atoms with E-state index in [1.165, 1.54) is 50.2 Å². The van der Waals surface area contributed by atoms with Crippen molar-refractivity contribution in [3.63, 3.8) is 0 Å². The number of hydrogen-bond donors (Lipinski definition) is 2. The summed E-state index contributed by atoms with van der Waals surface area (Å²) in [4.78, 5) is 12.9. The normalized spacial score (nSPS) is 19.5. The van der Waals surface area contributed by atoms with Crippen LogP contribution in [-0.2, 0) is 6.54 Å². The standard InChI is InChI=1S/C18H33N5S/c1-4-19-18(22-13-17-21-12-16(3)24-17)20-9-5-6-10-23-11-7-8-15(2)14-23/h12,15H,4-11,13-14H2,1-3H3,(H2,19,20,22). The van der Waals surface area contributed by atoms with Gasteiger partial charge in [-0.2, -0.15) is 0 Å². The Morgan fingerprint density at radius 1 is 1.42 bits per heavy atom. The highest BCUT2D eigenvalue weighted by Crippen LogP contribution is 2.15. The predicted octanol–water partition coefficient (Wildman–Crippen LogP) is 3.02. The maximum atomic E-state index is 4.63. The number of aryl methyl sites for hydroxylation is 1. The highest BCUT2D eigenvalue weighted by molar-refractivity contribution is 7.11. The molecular formula is C18H33N5S. The molecule has 0 amide bonds. The van der Waals surface area contributed by atoms with E-state index in [1.54, 1.807) is 11.3 Å². The lowest BCUT2D eigenvalue weighted by molar-refractivity contribution is 0.181. The molecule has 2 heterocycles. The van der Waals surface area contributed by atoms with Gasteiger partial charge in [0.25, 0.3) is 0 Å². The van der Waals surface area contributed by atoms with Crippen molar-refractivity contribution in [3.05, 3.63) is 16.1 Å². The number of rotatable bonds is 8. The van der Waals surface area contributed by atoms with Gasteiger partial charge in [0, 0.05) is 30.7 Å². The fraction of sp³-hybridized carbons (Fsp3) is 0.778. The summed E-state index contributed by atoms with van der Waals surface area (Å²) in [7, 11) is 0. The lowest BCUT2D eigenvalue weighted by atomic mass is 10.0. The Kier molecular flexibility index (Phi) is 8.53. The van der Waals surface area contributed by atoms with Crippen LogP contribution in [-0.4, -0.2) is 48.6 Å². The van der Waals surface area contributed by atoms with Gasteiger partial charge in [0.2, 0.25) is 0 Å². The average Bonchev–Trinajstić information content (AvgIpc) is 2.98. The van der Waals surface area contributed by atoms with Gasteiger partial charge in [-0.3, -0.25) is 0 Å². The molecule has 0 aromatic carbocycles. The monoisotopic (exact) mass is 351 g/mol. The zero-order valence-electron chi connectivity index (χ0n) is 15.5. The second-order valence-corrected chi connectivity index (χ2v) is 8.06. The molecule has 2 rings (SSSR count). The zero-order chi connectivity index (χ0) is 17.2. The summed E-state index contributed by atoms with van der Waals surface area (Å²) in [6.45, 7) is 12.9. The first kappa shape index (κ1) is 19.2. The Hall–Kier alpha value is -1.14. The molecule has 1 unspecified atom stereocenters. The van der Waals surface area contributed by atoms with Crippen molar-refractivity contribution in [3.8, 4) is 0 Å². The number of unbranched alkanes of at least 4 members (excludes halogenated alkanes) is 1. The Morgan fingerprint density at radius 2 is 2.29 bits per heavy atom. The summed E-state index contributed by atoms with van der Waals surface area (Å²) < 4.78 is 0. The second-order valence-electron chi connectivity index (χ2n) is 6.74. The molecule has 1 saturated heterocycles. The van der Waals surface area contributed by atoms with Crippen LogP contribution in [0.2, 0.25) is 0 Å². The first-order valence-corrected chi connectivity index (χ1v) is 10.1. The molecule has 1 aliphatic heterocycles. The number of aromatic nitrogens is 1. The zero-order valence-corrected chi connectivity index (χ0v) is 16.3. The third-order valence-corrected chi connectivity index (χ3v) is 5.22. The summed E-state index contributed by atoms with van der Waals surface area (Å²) in [5.74, 6) is 1.77. The minimum Gasteiger partial charge on any atom is -0.357 e. The molecule has 136 valence electrons. The van der Waals surface area contributed by atoms with Gasteiger partial charge in [-0.15, -0.1) is 11.3 Å². The van der Waals surface area contributed by atoms with Gasteiger partial charge < -0.3 is 15.5 Å². The topological polar surface area (TPSA) is 52.6 Å². The first-order chi connectivity index (χ1) is 11.7. The third kappa shape index (κ3) is 7.18. The summed E-state index contributed by atoms with van der Waals surface area (Å²) in [5.41, 5.74) is 0. The van der Waals surface area contributed by atoms with Gasteiger partial charge in [0.15, 0.2) is 5.96 Å². The summed E-state index contributed by atoms with van der Waals surface area (Å²) in [6.07, 6.45) is 7.12. The fourth-order valence-electron chi connectivity index (χ4n) is 3.12. The van der Waals surface area contributed by atoms with E-state index in [4.69, 9.17) is 0 Å². The maximum absolute atomic E-state index is 4.63. The smallest absolute Gasteiger partial charge is 0.191 e. The van der Waals surface area contributed by atoms with Crippen molar-refractivity contribution >= 4 is 17.3 Å². The number of aliphatic imine (C=N–C) groups is 1. The number of hydrogen-bond acceptors (Lipinski definition) is 4. The summed E-state index contributed by atoms with van der Waals surface area (Å²) in [5, 5.41) is 7.83. The Labute approximate surface area is 151 Å². The molecule has 0 spiro atoms. The molecule has 1 fully saturated rings. The van der Waals surface area contributed by atoms with Crippen LogP contribution in [0.25, 0.3) is 0 Å². The minimum atomic E-state index is 0.652. The van der Waals surface area contributed by atoms with Gasteiger partial charge >= 0.3 is 0 Å². The average molecular weight is 352 g/mol. The van der Waals surface area contributed by atoms with E-state index in [0.717, 1.165) is 30.0 Å². The van der Waals surface area contributed by atoms with E-state index < -0.39 is 0 Å². The molecule has 0 aliphatic carbocycles. The molecule has 24 heavy (non-hydrogen) atoms. The molecule has 0 bridgehead atoms. The van der Waals surface area contributed by atoms with Gasteiger partial charge in [0.1, 0.15) is 5.01 Å². The Bertz CT molecular complexity index is 499. The van der Waals surface area contributed by atoms with Crippen LogP contribution < -0.4 is 10.6 Å². The van der Waals surface area contributed by atoms with Crippen LogP contribution in [0.5, 0.6) is 0 Å². The van der Waals surface area contributed by atoms with E-state index in [1.807, 2.05) is 6.20 Å². The van der Waals surface area contributed by atoms with Gasteiger partial charge in [-0.25, -0.2) is 9.98 Å². The van der Waals surface area contributed by atoms with E-state index in [2.05, 4.69) is 46.3 Å². The number of likely N-dealkylation sites (tertiary alicyclic amines) is 1. The lowest BCUT2D eigenvalue weighted by Crippen LogP contribution is -2.38. The predicted molar refractivity (Wildman–Crippen MR) is 104 cm³/mol. The number of piperidine rings is 1. The molecule has 1 aromatic rings.